The molecule has 1 aromatic carbocycles. The molecule has 1 N–H and O–H groups in total. The summed E-state index contributed by atoms with van der Waals surface area (Å²) >= 11 is 1.89. The molecule has 0 amide bonds. The van der Waals surface area contributed by atoms with Gasteiger partial charge in [0.15, 0.2) is 0 Å². The second-order valence-corrected chi connectivity index (χ2v) is 3.35. The molecule has 0 saturated heterocycles. The quantitative estimate of drug-likeness (QED) is 0.738. The fourth-order valence-corrected chi connectivity index (χ4v) is 1.71. The number of H-pyrrole nitrogens is 1. The van der Waals surface area contributed by atoms with E-state index in [9.17, 15) is 8.78 Å². The molecular weight excluding hydrogens is 277 g/mol. The van der Waals surface area contributed by atoms with Gasteiger partial charge >= 0.3 is 0 Å². The molecule has 2 aromatic rings. The largest absolute Gasteiger partial charge is 0.277 e. The van der Waals surface area contributed by atoms with E-state index in [1.54, 1.807) is 0 Å². The van der Waals surface area contributed by atoms with Gasteiger partial charge in [-0.15, -0.1) is 0 Å². The monoisotopic (exact) mass is 280 g/mol. The second kappa shape index (κ2) is 2.65. The van der Waals surface area contributed by atoms with Gasteiger partial charge in [-0.2, -0.15) is 5.10 Å². The fourth-order valence-electron chi connectivity index (χ4n) is 1.04. The van der Waals surface area contributed by atoms with Crippen molar-refractivity contribution in [1.29, 1.82) is 0 Å². The minimum Gasteiger partial charge on any atom is -0.277 e. The number of hydrogen-bond acceptors (Lipinski definition) is 1. The molecule has 62 valence electrons. The molecule has 12 heavy (non-hydrogen) atoms. The van der Waals surface area contributed by atoms with Gasteiger partial charge in [0.05, 0.1) is 10.9 Å². The van der Waals surface area contributed by atoms with E-state index < -0.39 is 11.6 Å². The summed E-state index contributed by atoms with van der Waals surface area (Å²) in [5.74, 6) is -1.18. The van der Waals surface area contributed by atoms with Gasteiger partial charge in [0.1, 0.15) is 15.3 Å². The van der Waals surface area contributed by atoms with Crippen LogP contribution >= 0.6 is 22.6 Å². The molecule has 5 heteroatoms. The maximum absolute atomic E-state index is 13.0. The fraction of sp³-hybridized carbons (Fsp3) is 0. The first-order chi connectivity index (χ1) is 5.68. The van der Waals surface area contributed by atoms with Crippen LogP contribution in [0.25, 0.3) is 10.9 Å². The lowest BCUT2D eigenvalue weighted by atomic mass is 10.2. The molecule has 2 rings (SSSR count). The first kappa shape index (κ1) is 7.90. The van der Waals surface area contributed by atoms with Crippen LogP contribution < -0.4 is 0 Å². The Kier molecular flexibility index (Phi) is 1.75. The summed E-state index contributed by atoms with van der Waals surface area (Å²) in [5.41, 5.74) is 0.386. The highest BCUT2D eigenvalue weighted by molar-refractivity contribution is 14.1. The molecule has 0 aliphatic carbocycles. The van der Waals surface area contributed by atoms with Crippen LogP contribution in [0.4, 0.5) is 8.78 Å². The van der Waals surface area contributed by atoms with Crippen molar-refractivity contribution in [1.82, 2.24) is 10.2 Å². The maximum Gasteiger partial charge on any atom is 0.138 e. The van der Waals surface area contributed by atoms with Gasteiger partial charge in [-0.1, -0.05) is 0 Å². The maximum atomic E-state index is 13.0. The number of aromatic amines is 1. The molecule has 0 saturated carbocycles. The summed E-state index contributed by atoms with van der Waals surface area (Å²) in [4.78, 5) is 0. The lowest BCUT2D eigenvalue weighted by Crippen LogP contribution is -1.81. The zero-order valence-electron chi connectivity index (χ0n) is 5.74. The van der Waals surface area contributed by atoms with Crippen LogP contribution in [0.5, 0.6) is 0 Å². The molecule has 0 atom stereocenters. The minimum atomic E-state index is -0.597. The lowest BCUT2D eigenvalue weighted by Gasteiger charge is -1.92. The Bertz CT molecular complexity index is 438. The molecule has 0 bridgehead atoms. The number of nitrogens with zero attached hydrogens (tertiary/aromatic N) is 1. The van der Waals surface area contributed by atoms with Crippen molar-refractivity contribution < 1.29 is 8.78 Å². The predicted molar refractivity (Wildman–Crippen MR) is 48.7 cm³/mol. The van der Waals surface area contributed by atoms with Gasteiger partial charge in [-0.05, 0) is 28.7 Å². The van der Waals surface area contributed by atoms with Crippen molar-refractivity contribution in [2.75, 3.05) is 0 Å². The zero-order valence-corrected chi connectivity index (χ0v) is 7.89. The summed E-state index contributed by atoms with van der Waals surface area (Å²) in [6, 6.07) is 2.06. The summed E-state index contributed by atoms with van der Waals surface area (Å²) < 4.78 is 26.2. The lowest BCUT2D eigenvalue weighted by molar-refractivity contribution is 0.592. The van der Waals surface area contributed by atoms with Crippen LogP contribution in [-0.4, -0.2) is 10.2 Å². The number of hydrogen-bond donors (Lipinski definition) is 1. The topological polar surface area (TPSA) is 28.7 Å². The predicted octanol–water partition coefficient (Wildman–Crippen LogP) is 2.45. The molecule has 0 spiro atoms. The Labute approximate surface area is 80.1 Å². The van der Waals surface area contributed by atoms with Crippen LogP contribution in [-0.2, 0) is 0 Å². The van der Waals surface area contributed by atoms with Crippen molar-refractivity contribution >= 4 is 33.5 Å². The molecule has 0 radical (unpaired) electrons. The van der Waals surface area contributed by atoms with E-state index in [1.165, 1.54) is 6.07 Å². The standard InChI is InChI=1S/C7H3F2IN2/c8-3-1-4(9)6-5(2-3)11-12-7(6)10/h1-2H,(H,11,12). The Morgan fingerprint density at radius 2 is 2.08 bits per heavy atom. The van der Waals surface area contributed by atoms with Crippen LogP contribution in [0.2, 0.25) is 0 Å². The molecule has 0 aliphatic rings. The highest BCUT2D eigenvalue weighted by Gasteiger charge is 2.09. The SMILES string of the molecule is Fc1cc(F)c2c(I)n[nH]c2c1. The molecule has 0 unspecified atom stereocenters. The Balaban J connectivity index is 2.93. The Morgan fingerprint density at radius 3 is 2.83 bits per heavy atom. The number of benzene rings is 1. The second-order valence-electron chi connectivity index (χ2n) is 2.32. The summed E-state index contributed by atoms with van der Waals surface area (Å²) in [5, 5.41) is 6.63. The number of fused-ring (bicyclic) bond motifs is 1. The zero-order chi connectivity index (χ0) is 8.72. The molecule has 0 aliphatic heterocycles. The number of rotatable bonds is 0. The summed E-state index contributed by atoms with van der Waals surface area (Å²) in [7, 11) is 0. The van der Waals surface area contributed by atoms with Crippen LogP contribution in [0.1, 0.15) is 0 Å². The smallest absolute Gasteiger partial charge is 0.138 e. The summed E-state index contributed by atoms with van der Waals surface area (Å²) in [6.45, 7) is 0. The van der Waals surface area contributed by atoms with Crippen LogP contribution in [0.15, 0.2) is 12.1 Å². The van der Waals surface area contributed by atoms with E-state index in [-0.39, 0.29) is 0 Å². The van der Waals surface area contributed by atoms with E-state index >= 15 is 0 Å². The number of aromatic nitrogens is 2. The molecule has 2 nitrogen and oxygen atoms in total. The average molecular weight is 280 g/mol. The molecule has 0 fully saturated rings. The van der Waals surface area contributed by atoms with Gasteiger partial charge in [0.25, 0.3) is 0 Å². The third-order valence-corrected chi connectivity index (χ3v) is 2.32. The normalized spacial score (nSPS) is 10.9. The van der Waals surface area contributed by atoms with Gasteiger partial charge in [0.2, 0.25) is 0 Å². The third kappa shape index (κ3) is 1.08. The van der Waals surface area contributed by atoms with E-state index in [1.807, 2.05) is 22.6 Å². The molecular formula is C7H3F2IN2. The average Bonchev–Trinajstić information content (AvgIpc) is 2.31. The van der Waals surface area contributed by atoms with E-state index in [0.29, 0.717) is 14.6 Å². The number of halogens is 3. The first-order valence-corrected chi connectivity index (χ1v) is 4.25. The Hall–Kier alpha value is -0.720. The van der Waals surface area contributed by atoms with Crippen molar-refractivity contribution in [3.8, 4) is 0 Å². The first-order valence-electron chi connectivity index (χ1n) is 3.17. The third-order valence-electron chi connectivity index (χ3n) is 1.54. The van der Waals surface area contributed by atoms with Gasteiger partial charge in [-0.25, -0.2) is 8.78 Å². The van der Waals surface area contributed by atoms with Crippen molar-refractivity contribution in [3.05, 3.63) is 27.5 Å². The van der Waals surface area contributed by atoms with Crippen LogP contribution in [0, 0.1) is 15.3 Å². The minimum absolute atomic E-state index is 0.344. The van der Waals surface area contributed by atoms with E-state index in [0.717, 1.165) is 6.07 Å². The van der Waals surface area contributed by atoms with E-state index in [4.69, 9.17) is 0 Å². The van der Waals surface area contributed by atoms with Gasteiger partial charge in [-0.3, -0.25) is 5.10 Å². The van der Waals surface area contributed by atoms with Crippen molar-refractivity contribution in [2.45, 2.75) is 0 Å². The number of nitrogens with one attached hydrogen (secondary N) is 1. The highest BCUT2D eigenvalue weighted by Crippen LogP contribution is 2.21. The van der Waals surface area contributed by atoms with Gasteiger partial charge < -0.3 is 0 Å². The van der Waals surface area contributed by atoms with Crippen LogP contribution in [0.3, 0.4) is 0 Å². The van der Waals surface area contributed by atoms with Gasteiger partial charge in [0, 0.05) is 6.07 Å². The molecule has 1 aromatic heterocycles. The highest BCUT2D eigenvalue weighted by atomic mass is 127. The molecule has 1 heterocycles. The van der Waals surface area contributed by atoms with Crippen molar-refractivity contribution in [3.63, 3.8) is 0 Å². The Morgan fingerprint density at radius 1 is 1.33 bits per heavy atom. The summed E-state index contributed by atoms with van der Waals surface area (Å²) in [6.07, 6.45) is 0. The van der Waals surface area contributed by atoms with E-state index in [2.05, 4.69) is 10.2 Å². The van der Waals surface area contributed by atoms with Crippen molar-refractivity contribution in [2.24, 2.45) is 0 Å².